The van der Waals surface area contributed by atoms with Crippen LogP contribution < -0.4 is 11.1 Å². The summed E-state index contributed by atoms with van der Waals surface area (Å²) < 4.78 is 5.27. The molecule has 1 saturated carbocycles. The van der Waals surface area contributed by atoms with E-state index in [1.807, 2.05) is 0 Å². The average Bonchev–Trinajstić information content (AvgIpc) is 2.42. The molecule has 23 heavy (non-hydrogen) atoms. The van der Waals surface area contributed by atoms with Crippen molar-refractivity contribution in [1.82, 2.24) is 0 Å². The summed E-state index contributed by atoms with van der Waals surface area (Å²) in [5.41, 5.74) is 6.39. The SMILES string of the molecule is CC(C)(C)OC(=O)Nc1ccc(O)cc1C1(N)CCC(O)CC1. The van der Waals surface area contributed by atoms with E-state index in [-0.39, 0.29) is 11.9 Å². The first kappa shape index (κ1) is 17.6. The Morgan fingerprint density at radius 3 is 2.52 bits per heavy atom. The van der Waals surface area contributed by atoms with Crippen molar-refractivity contribution >= 4 is 11.8 Å². The lowest BCUT2D eigenvalue weighted by molar-refractivity contribution is 0.0634. The molecular weight excluding hydrogens is 296 g/mol. The molecule has 1 aromatic rings. The highest BCUT2D eigenvalue weighted by Crippen LogP contribution is 2.40. The molecule has 0 bridgehead atoms. The second-order valence-corrected chi connectivity index (χ2v) is 7.24. The molecule has 0 spiro atoms. The third-order valence-corrected chi connectivity index (χ3v) is 4.02. The lowest BCUT2D eigenvalue weighted by Gasteiger charge is -2.37. The standard InChI is InChI=1S/C17H26N2O4/c1-16(2,3)23-15(22)19-14-5-4-12(21)10-13(14)17(18)8-6-11(20)7-9-17/h4-5,10-11,20-21H,6-9,18H2,1-3H3,(H,19,22). The van der Waals surface area contributed by atoms with Crippen molar-refractivity contribution in [2.24, 2.45) is 5.73 Å². The number of carbonyl (C=O) groups is 1. The van der Waals surface area contributed by atoms with E-state index in [1.54, 1.807) is 32.9 Å². The molecule has 1 fully saturated rings. The molecule has 2 rings (SSSR count). The van der Waals surface area contributed by atoms with Gasteiger partial charge in [0.2, 0.25) is 0 Å². The van der Waals surface area contributed by atoms with Crippen LogP contribution in [-0.2, 0) is 10.3 Å². The number of benzene rings is 1. The van der Waals surface area contributed by atoms with Gasteiger partial charge in [-0.1, -0.05) is 0 Å². The minimum atomic E-state index is -0.692. The molecule has 1 aliphatic rings. The number of amides is 1. The van der Waals surface area contributed by atoms with Gasteiger partial charge in [0.15, 0.2) is 0 Å². The molecule has 0 heterocycles. The van der Waals surface area contributed by atoms with E-state index in [9.17, 15) is 15.0 Å². The van der Waals surface area contributed by atoms with Crippen molar-refractivity contribution in [3.63, 3.8) is 0 Å². The highest BCUT2D eigenvalue weighted by Gasteiger charge is 2.35. The van der Waals surface area contributed by atoms with Gasteiger partial charge in [-0.25, -0.2) is 4.79 Å². The van der Waals surface area contributed by atoms with Gasteiger partial charge in [-0.3, -0.25) is 5.32 Å². The van der Waals surface area contributed by atoms with Crippen LogP contribution in [0.2, 0.25) is 0 Å². The third kappa shape index (κ3) is 4.59. The van der Waals surface area contributed by atoms with Gasteiger partial charge in [-0.05, 0) is 70.2 Å². The van der Waals surface area contributed by atoms with Gasteiger partial charge in [0, 0.05) is 11.2 Å². The molecule has 1 aliphatic carbocycles. The van der Waals surface area contributed by atoms with Crippen molar-refractivity contribution in [3.8, 4) is 5.75 Å². The zero-order chi connectivity index (χ0) is 17.3. The fraction of sp³-hybridized carbons (Fsp3) is 0.588. The Kier molecular flexibility index (Phi) is 4.87. The van der Waals surface area contributed by atoms with Crippen LogP contribution in [0.3, 0.4) is 0 Å². The van der Waals surface area contributed by atoms with Crippen molar-refractivity contribution in [1.29, 1.82) is 0 Å². The second-order valence-electron chi connectivity index (χ2n) is 7.24. The van der Waals surface area contributed by atoms with Crippen LogP contribution in [0.1, 0.15) is 52.0 Å². The Morgan fingerprint density at radius 1 is 1.35 bits per heavy atom. The van der Waals surface area contributed by atoms with Crippen molar-refractivity contribution < 1.29 is 19.7 Å². The van der Waals surface area contributed by atoms with Crippen LogP contribution in [0.15, 0.2) is 18.2 Å². The Balaban J connectivity index is 2.26. The smallest absolute Gasteiger partial charge is 0.412 e. The van der Waals surface area contributed by atoms with Crippen LogP contribution in [0.4, 0.5) is 10.5 Å². The van der Waals surface area contributed by atoms with Gasteiger partial charge in [-0.2, -0.15) is 0 Å². The summed E-state index contributed by atoms with van der Waals surface area (Å²) in [6.07, 6.45) is 1.45. The van der Waals surface area contributed by atoms with Crippen LogP contribution in [-0.4, -0.2) is 28.0 Å². The van der Waals surface area contributed by atoms with Crippen LogP contribution in [0, 0.1) is 0 Å². The molecular formula is C17H26N2O4. The Bertz CT molecular complexity index is 572. The molecule has 0 radical (unpaired) electrons. The Morgan fingerprint density at radius 2 is 1.96 bits per heavy atom. The summed E-state index contributed by atoms with van der Waals surface area (Å²) in [5.74, 6) is 0.0886. The van der Waals surface area contributed by atoms with Crippen LogP contribution >= 0.6 is 0 Å². The molecule has 0 atom stereocenters. The molecule has 1 aromatic carbocycles. The maximum absolute atomic E-state index is 12.0. The zero-order valence-corrected chi connectivity index (χ0v) is 13.9. The van der Waals surface area contributed by atoms with Gasteiger partial charge in [-0.15, -0.1) is 0 Å². The number of phenolic OH excluding ortho intramolecular Hbond substituents is 1. The maximum atomic E-state index is 12.0. The lowest BCUT2D eigenvalue weighted by atomic mass is 9.76. The van der Waals surface area contributed by atoms with Crippen molar-refractivity contribution in [2.75, 3.05) is 5.32 Å². The average molecular weight is 322 g/mol. The molecule has 0 aliphatic heterocycles. The summed E-state index contributed by atoms with van der Waals surface area (Å²) in [6.45, 7) is 5.37. The van der Waals surface area contributed by atoms with Gasteiger partial charge in [0.1, 0.15) is 11.4 Å². The predicted octanol–water partition coefficient (Wildman–Crippen LogP) is 2.83. The number of aliphatic hydroxyl groups is 1. The summed E-state index contributed by atoms with van der Waals surface area (Å²) in [6, 6.07) is 4.69. The summed E-state index contributed by atoms with van der Waals surface area (Å²) in [7, 11) is 0. The van der Waals surface area contributed by atoms with Crippen molar-refractivity contribution in [2.45, 2.75) is 63.7 Å². The monoisotopic (exact) mass is 322 g/mol. The number of anilines is 1. The first-order valence-corrected chi connectivity index (χ1v) is 7.89. The Labute approximate surface area is 136 Å². The predicted molar refractivity (Wildman–Crippen MR) is 88.3 cm³/mol. The number of nitrogens with one attached hydrogen (secondary N) is 1. The quantitative estimate of drug-likeness (QED) is 0.627. The van der Waals surface area contributed by atoms with E-state index in [0.717, 1.165) is 0 Å². The minimum absolute atomic E-state index is 0.0886. The first-order valence-electron chi connectivity index (χ1n) is 7.89. The van der Waals surface area contributed by atoms with E-state index < -0.39 is 17.2 Å². The number of aliphatic hydroxyl groups excluding tert-OH is 1. The molecule has 0 saturated heterocycles. The first-order chi connectivity index (χ1) is 10.6. The largest absolute Gasteiger partial charge is 0.508 e. The molecule has 5 N–H and O–H groups in total. The van der Waals surface area contributed by atoms with E-state index in [4.69, 9.17) is 10.5 Å². The van der Waals surface area contributed by atoms with E-state index in [2.05, 4.69) is 5.32 Å². The van der Waals surface area contributed by atoms with E-state index in [0.29, 0.717) is 36.9 Å². The molecule has 6 heteroatoms. The van der Waals surface area contributed by atoms with E-state index >= 15 is 0 Å². The molecule has 0 unspecified atom stereocenters. The topological polar surface area (TPSA) is 105 Å². The lowest BCUT2D eigenvalue weighted by Crippen LogP contribution is -2.42. The number of ether oxygens (including phenoxy) is 1. The van der Waals surface area contributed by atoms with Gasteiger partial charge >= 0.3 is 6.09 Å². The number of nitrogens with two attached hydrogens (primary N) is 1. The van der Waals surface area contributed by atoms with Gasteiger partial charge in [0.25, 0.3) is 0 Å². The normalized spacial score (nSPS) is 25.0. The molecule has 1 amide bonds. The highest BCUT2D eigenvalue weighted by atomic mass is 16.6. The second kappa shape index (κ2) is 6.37. The number of rotatable bonds is 2. The molecule has 128 valence electrons. The van der Waals surface area contributed by atoms with E-state index in [1.165, 1.54) is 6.07 Å². The Hall–Kier alpha value is -1.79. The number of hydrogen-bond acceptors (Lipinski definition) is 5. The number of hydrogen-bond donors (Lipinski definition) is 4. The van der Waals surface area contributed by atoms with Crippen LogP contribution in [0.5, 0.6) is 5.75 Å². The molecule has 0 aromatic heterocycles. The summed E-state index contributed by atoms with van der Waals surface area (Å²) >= 11 is 0. The fourth-order valence-corrected chi connectivity index (χ4v) is 2.85. The van der Waals surface area contributed by atoms with Crippen molar-refractivity contribution in [3.05, 3.63) is 23.8 Å². The molecule has 6 nitrogen and oxygen atoms in total. The number of aromatic hydroxyl groups is 1. The highest BCUT2D eigenvalue weighted by molar-refractivity contribution is 5.86. The number of carbonyl (C=O) groups excluding carboxylic acids is 1. The fourth-order valence-electron chi connectivity index (χ4n) is 2.85. The zero-order valence-electron chi connectivity index (χ0n) is 13.9. The third-order valence-electron chi connectivity index (χ3n) is 4.02. The summed E-state index contributed by atoms with van der Waals surface area (Å²) in [5, 5.41) is 22.2. The summed E-state index contributed by atoms with van der Waals surface area (Å²) in [4.78, 5) is 12.0. The van der Waals surface area contributed by atoms with Crippen LogP contribution in [0.25, 0.3) is 0 Å². The maximum Gasteiger partial charge on any atom is 0.412 e. The minimum Gasteiger partial charge on any atom is -0.508 e. The van der Waals surface area contributed by atoms with Gasteiger partial charge < -0.3 is 20.7 Å². The van der Waals surface area contributed by atoms with Gasteiger partial charge in [0.05, 0.1) is 6.10 Å². The number of phenols is 1.